The second kappa shape index (κ2) is 6.19. The number of amides is 2. The first-order valence-electron chi connectivity index (χ1n) is 5.69. The van der Waals surface area contributed by atoms with E-state index in [1.807, 2.05) is 0 Å². The van der Waals surface area contributed by atoms with Crippen LogP contribution in [0.25, 0.3) is 0 Å². The molecule has 0 radical (unpaired) electrons. The Balaban J connectivity index is 2.49. The molecule has 1 rings (SSSR count). The zero-order valence-corrected chi connectivity index (χ0v) is 10.9. The highest BCUT2D eigenvalue weighted by molar-refractivity contribution is 5.82. The summed E-state index contributed by atoms with van der Waals surface area (Å²) in [5.74, 6) is -0.327. The second-order valence-corrected chi connectivity index (χ2v) is 4.13. The Labute approximate surface area is 109 Å². The van der Waals surface area contributed by atoms with E-state index in [1.165, 1.54) is 6.92 Å². The van der Waals surface area contributed by atoms with Crippen molar-refractivity contribution in [2.75, 3.05) is 0 Å². The molecule has 0 bridgehead atoms. The van der Waals surface area contributed by atoms with Crippen molar-refractivity contribution in [3.8, 4) is 0 Å². The van der Waals surface area contributed by atoms with Crippen molar-refractivity contribution in [3.05, 3.63) is 17.3 Å². The number of aliphatic hydroxyl groups is 1. The molecule has 8 nitrogen and oxygen atoms in total. The average Bonchev–Trinajstić information content (AvgIpc) is 2.62. The lowest BCUT2D eigenvalue weighted by molar-refractivity contribution is -0.141. The van der Waals surface area contributed by atoms with Gasteiger partial charge in [-0.15, -0.1) is 0 Å². The van der Waals surface area contributed by atoms with E-state index in [9.17, 15) is 14.7 Å². The summed E-state index contributed by atoms with van der Waals surface area (Å²) in [6.07, 6.45) is -1.20. The summed E-state index contributed by atoms with van der Waals surface area (Å²) in [5, 5.41) is 22.5. The Morgan fingerprint density at radius 3 is 2.47 bits per heavy atom. The number of nitrogens with zero attached hydrogens (tertiary/aromatic N) is 1. The van der Waals surface area contributed by atoms with E-state index in [0.717, 1.165) is 5.69 Å². The number of aryl methyl sites for hydroxylation is 2. The molecule has 0 aliphatic rings. The van der Waals surface area contributed by atoms with Gasteiger partial charge in [0.25, 0.3) is 0 Å². The van der Waals surface area contributed by atoms with Gasteiger partial charge in [0, 0.05) is 0 Å². The summed E-state index contributed by atoms with van der Waals surface area (Å²) >= 11 is 0. The monoisotopic (exact) mass is 271 g/mol. The number of carboxylic acid groups (broad SMARTS) is 1. The van der Waals surface area contributed by atoms with Gasteiger partial charge in [0.15, 0.2) is 6.04 Å². The number of carbonyl (C=O) groups is 2. The van der Waals surface area contributed by atoms with Gasteiger partial charge >= 0.3 is 12.0 Å². The van der Waals surface area contributed by atoms with E-state index >= 15 is 0 Å². The van der Waals surface area contributed by atoms with Gasteiger partial charge in [-0.1, -0.05) is 0 Å². The number of hydrogen-bond donors (Lipinski definition) is 4. The third-order valence-corrected chi connectivity index (χ3v) is 2.51. The number of carboxylic acids is 1. The van der Waals surface area contributed by atoms with Crippen LogP contribution in [0, 0.1) is 13.8 Å². The van der Waals surface area contributed by atoms with Crippen molar-refractivity contribution < 1.29 is 24.2 Å². The maximum Gasteiger partial charge on any atom is 0.328 e. The van der Waals surface area contributed by atoms with Gasteiger partial charge < -0.3 is 25.3 Å². The molecule has 0 saturated carbocycles. The van der Waals surface area contributed by atoms with Crippen molar-refractivity contribution in [2.45, 2.75) is 39.5 Å². The standard InChI is InChI=1S/C11H17N3O5/c1-5-7(3)19-8(13-5)4-12-11(18)14-9(6(2)15)10(16)17/h6,9,15H,4H2,1-3H3,(H,16,17)(H2,12,14,18)/t6-,9+/m1/s1. The van der Waals surface area contributed by atoms with Gasteiger partial charge in [-0.2, -0.15) is 0 Å². The van der Waals surface area contributed by atoms with Crippen molar-refractivity contribution in [2.24, 2.45) is 0 Å². The molecular formula is C11H17N3O5. The summed E-state index contributed by atoms with van der Waals surface area (Å²) in [6.45, 7) is 4.84. The smallest absolute Gasteiger partial charge is 0.328 e. The van der Waals surface area contributed by atoms with Crippen LogP contribution >= 0.6 is 0 Å². The SMILES string of the molecule is Cc1nc(CNC(=O)N[C@H](C(=O)O)[C@@H](C)O)oc1C. The number of carbonyl (C=O) groups excluding carboxylic acids is 1. The van der Waals surface area contributed by atoms with Gasteiger partial charge in [0.1, 0.15) is 5.76 Å². The number of urea groups is 1. The van der Waals surface area contributed by atoms with Crippen LogP contribution in [0.2, 0.25) is 0 Å². The van der Waals surface area contributed by atoms with Crippen LogP contribution < -0.4 is 10.6 Å². The number of oxazole rings is 1. The Hall–Kier alpha value is -2.09. The van der Waals surface area contributed by atoms with Crippen molar-refractivity contribution >= 4 is 12.0 Å². The van der Waals surface area contributed by atoms with Crippen LogP contribution in [0.15, 0.2) is 4.42 Å². The highest BCUT2D eigenvalue weighted by atomic mass is 16.4. The van der Waals surface area contributed by atoms with Crippen LogP contribution in [0.3, 0.4) is 0 Å². The molecule has 2 atom stereocenters. The van der Waals surface area contributed by atoms with Crippen LogP contribution in [0.4, 0.5) is 4.79 Å². The fraction of sp³-hybridized carbons (Fsp3) is 0.545. The first-order chi connectivity index (χ1) is 8.81. The third kappa shape index (κ3) is 4.25. The van der Waals surface area contributed by atoms with Crippen molar-refractivity contribution in [1.82, 2.24) is 15.6 Å². The fourth-order valence-electron chi connectivity index (χ4n) is 1.35. The van der Waals surface area contributed by atoms with Crippen LogP contribution in [0.1, 0.15) is 24.3 Å². The number of nitrogens with one attached hydrogen (secondary N) is 2. The Bertz CT molecular complexity index is 449. The molecule has 0 aromatic carbocycles. The van der Waals surface area contributed by atoms with E-state index < -0.39 is 24.1 Å². The number of aliphatic carboxylic acids is 1. The van der Waals surface area contributed by atoms with Gasteiger partial charge in [0.2, 0.25) is 5.89 Å². The van der Waals surface area contributed by atoms with Crippen LogP contribution in [-0.4, -0.2) is 39.3 Å². The molecule has 0 spiro atoms. The third-order valence-electron chi connectivity index (χ3n) is 2.51. The van der Waals surface area contributed by atoms with E-state index in [1.54, 1.807) is 13.8 Å². The summed E-state index contributed by atoms with van der Waals surface area (Å²) in [7, 11) is 0. The molecule has 106 valence electrons. The molecule has 8 heteroatoms. The maximum absolute atomic E-state index is 11.5. The molecule has 2 amide bonds. The summed E-state index contributed by atoms with van der Waals surface area (Å²) < 4.78 is 5.25. The predicted octanol–water partition coefficient (Wildman–Crippen LogP) is -0.0754. The lowest BCUT2D eigenvalue weighted by Crippen LogP contribution is -2.51. The molecule has 0 aliphatic carbocycles. The fourth-order valence-corrected chi connectivity index (χ4v) is 1.35. The van der Waals surface area contributed by atoms with E-state index in [-0.39, 0.29) is 6.54 Å². The Morgan fingerprint density at radius 2 is 2.05 bits per heavy atom. The minimum absolute atomic E-state index is 0.0344. The molecular weight excluding hydrogens is 254 g/mol. The van der Waals surface area contributed by atoms with E-state index in [2.05, 4.69) is 15.6 Å². The molecule has 1 aromatic rings. The number of rotatable bonds is 5. The first kappa shape index (κ1) is 15.0. The Kier molecular flexibility index (Phi) is 4.87. The maximum atomic E-state index is 11.5. The molecule has 1 aromatic heterocycles. The zero-order valence-electron chi connectivity index (χ0n) is 10.9. The topological polar surface area (TPSA) is 125 Å². The molecule has 1 heterocycles. The van der Waals surface area contributed by atoms with Crippen LogP contribution in [0.5, 0.6) is 0 Å². The normalized spacial score (nSPS) is 13.7. The highest BCUT2D eigenvalue weighted by Gasteiger charge is 2.24. The molecule has 0 unspecified atom stereocenters. The Morgan fingerprint density at radius 1 is 1.42 bits per heavy atom. The van der Waals surface area contributed by atoms with E-state index in [0.29, 0.717) is 11.7 Å². The molecule has 0 saturated heterocycles. The molecule has 0 aliphatic heterocycles. The lowest BCUT2D eigenvalue weighted by Gasteiger charge is -2.16. The summed E-state index contributed by atoms with van der Waals surface area (Å²) in [5.41, 5.74) is 0.726. The molecule has 0 fully saturated rings. The number of aliphatic hydroxyl groups excluding tert-OH is 1. The highest BCUT2D eigenvalue weighted by Crippen LogP contribution is 2.07. The lowest BCUT2D eigenvalue weighted by atomic mass is 10.2. The van der Waals surface area contributed by atoms with Crippen molar-refractivity contribution in [1.29, 1.82) is 0 Å². The van der Waals surface area contributed by atoms with Crippen LogP contribution in [-0.2, 0) is 11.3 Å². The number of hydrogen-bond acceptors (Lipinski definition) is 5. The largest absolute Gasteiger partial charge is 0.480 e. The minimum atomic E-state index is -1.37. The summed E-state index contributed by atoms with van der Waals surface area (Å²) in [4.78, 5) is 26.3. The minimum Gasteiger partial charge on any atom is -0.480 e. The summed E-state index contributed by atoms with van der Waals surface area (Å²) in [6, 6.07) is -2.09. The first-order valence-corrected chi connectivity index (χ1v) is 5.69. The van der Waals surface area contributed by atoms with Gasteiger partial charge in [0.05, 0.1) is 18.3 Å². The van der Waals surface area contributed by atoms with Crippen molar-refractivity contribution in [3.63, 3.8) is 0 Å². The molecule has 19 heavy (non-hydrogen) atoms. The number of aromatic nitrogens is 1. The van der Waals surface area contributed by atoms with E-state index in [4.69, 9.17) is 9.52 Å². The van der Waals surface area contributed by atoms with Gasteiger partial charge in [-0.05, 0) is 20.8 Å². The molecule has 4 N–H and O–H groups in total. The quantitative estimate of drug-likeness (QED) is 0.594. The average molecular weight is 271 g/mol. The van der Waals surface area contributed by atoms with Gasteiger partial charge in [-0.25, -0.2) is 14.6 Å². The second-order valence-electron chi connectivity index (χ2n) is 4.13. The zero-order chi connectivity index (χ0) is 14.6. The van der Waals surface area contributed by atoms with Gasteiger partial charge in [-0.3, -0.25) is 0 Å². The predicted molar refractivity (Wildman–Crippen MR) is 64.5 cm³/mol.